The summed E-state index contributed by atoms with van der Waals surface area (Å²) >= 11 is 0. The molecule has 0 aromatic heterocycles. The maximum absolute atomic E-state index is 13.2. The van der Waals surface area contributed by atoms with E-state index in [1.807, 2.05) is 21.7 Å². The van der Waals surface area contributed by atoms with Gasteiger partial charge in [0.25, 0.3) is 0 Å². The molecule has 6 aliphatic rings. The second-order valence-corrected chi connectivity index (χ2v) is 15.4. The van der Waals surface area contributed by atoms with Gasteiger partial charge in [-0.2, -0.15) is 0 Å². The van der Waals surface area contributed by atoms with E-state index in [2.05, 4.69) is 26.8 Å². The summed E-state index contributed by atoms with van der Waals surface area (Å²) in [6.07, 6.45) is 16.1. The van der Waals surface area contributed by atoms with Crippen molar-refractivity contribution in [3.8, 4) is 0 Å². The van der Waals surface area contributed by atoms with Crippen molar-refractivity contribution in [1.82, 2.24) is 14.7 Å². The first kappa shape index (κ1) is 28.6. The van der Waals surface area contributed by atoms with Gasteiger partial charge in [0.2, 0.25) is 5.91 Å². The molecule has 0 radical (unpaired) electrons. The molecule has 8 atom stereocenters. The molecule has 1 saturated heterocycles. The van der Waals surface area contributed by atoms with Crippen LogP contribution in [-0.2, 0) is 4.79 Å². The average molecular weight is 554 g/mol. The highest BCUT2D eigenvalue weighted by molar-refractivity contribution is 5.77. The number of carbonyl (C=O) groups excluding carboxylic acids is 2. The van der Waals surface area contributed by atoms with Crippen molar-refractivity contribution in [1.29, 1.82) is 0 Å². The number of allylic oxidation sites excluding steroid dienone is 1. The minimum absolute atomic E-state index is 0.130. The van der Waals surface area contributed by atoms with E-state index in [4.69, 9.17) is 0 Å². The lowest BCUT2D eigenvalue weighted by molar-refractivity contribution is -0.133. The Kier molecular flexibility index (Phi) is 7.80. The zero-order valence-corrected chi connectivity index (χ0v) is 25.7. The van der Waals surface area contributed by atoms with Crippen LogP contribution in [0.3, 0.4) is 0 Å². The van der Waals surface area contributed by atoms with Gasteiger partial charge in [-0.3, -0.25) is 4.79 Å². The van der Waals surface area contributed by atoms with Crippen LogP contribution in [0, 0.1) is 46.3 Å². The highest BCUT2D eigenvalue weighted by Gasteiger charge is 2.59. The first-order valence-corrected chi connectivity index (χ1v) is 16.8. The summed E-state index contributed by atoms with van der Waals surface area (Å²) in [5.74, 6) is 4.66. The molecule has 224 valence electrons. The number of carbonyl (C=O) groups is 2. The van der Waals surface area contributed by atoms with Crippen molar-refractivity contribution in [2.45, 2.75) is 104 Å². The molecule has 4 saturated carbocycles. The number of piperazine rings is 1. The van der Waals surface area contributed by atoms with Crippen molar-refractivity contribution in [2.24, 2.45) is 46.3 Å². The van der Waals surface area contributed by atoms with Crippen LogP contribution in [0.25, 0.3) is 0 Å². The van der Waals surface area contributed by atoms with E-state index in [1.165, 1.54) is 44.9 Å². The normalized spacial score (nSPS) is 40.0. The molecule has 1 N–H and O–H groups in total. The summed E-state index contributed by atoms with van der Waals surface area (Å²) in [6, 6.07) is 0.131. The number of amides is 3. The number of rotatable bonds is 6. The number of nitrogens with zero attached hydrogens (tertiary/aromatic N) is 3. The van der Waals surface area contributed by atoms with Gasteiger partial charge in [0.1, 0.15) is 0 Å². The fourth-order valence-electron chi connectivity index (χ4n) is 10.5. The summed E-state index contributed by atoms with van der Waals surface area (Å²) in [5, 5.41) is 10.3. The Hall–Kier alpha value is -1.56. The largest absolute Gasteiger partial charge is 0.393 e. The molecular weight excluding hydrogens is 498 g/mol. The van der Waals surface area contributed by atoms with Crippen LogP contribution in [0.5, 0.6) is 0 Å². The van der Waals surface area contributed by atoms with E-state index in [0.717, 1.165) is 50.0 Å². The van der Waals surface area contributed by atoms with Crippen molar-refractivity contribution >= 4 is 11.9 Å². The lowest BCUT2D eigenvalue weighted by Gasteiger charge is -2.58. The van der Waals surface area contributed by atoms with Gasteiger partial charge in [-0.15, -0.1) is 0 Å². The molecule has 0 unspecified atom stereocenters. The smallest absolute Gasteiger partial charge is 0.319 e. The molecule has 0 bridgehead atoms. The molecular formula is C34H55N3O3. The Bertz CT molecular complexity index is 1000. The number of aliphatic hydroxyl groups is 1. The molecule has 6 nitrogen and oxygen atoms in total. The molecule has 0 aromatic carbocycles. The number of fused-ring (bicyclic) bond motifs is 5. The maximum Gasteiger partial charge on any atom is 0.319 e. The molecule has 0 spiro atoms. The van der Waals surface area contributed by atoms with Gasteiger partial charge in [0.05, 0.1) is 6.10 Å². The SMILES string of the molecule is C[C@H](CCC(=O)N1CCN(C(=O)N(C)CC2CC2)CC1)[C@H]1CC[C@H]2[C@@H]3CC=C4C[C@@H](O)CC[C@]4(C)[C@H]3CC[C@]12C. The minimum atomic E-state index is -0.130. The summed E-state index contributed by atoms with van der Waals surface area (Å²) in [5.41, 5.74) is 2.27. The molecule has 1 aliphatic heterocycles. The first-order chi connectivity index (χ1) is 19.1. The maximum atomic E-state index is 13.2. The Morgan fingerprint density at radius 1 is 1.00 bits per heavy atom. The molecule has 5 aliphatic carbocycles. The summed E-state index contributed by atoms with van der Waals surface area (Å²) in [4.78, 5) is 31.8. The second-order valence-electron chi connectivity index (χ2n) is 15.4. The van der Waals surface area contributed by atoms with Crippen LogP contribution < -0.4 is 0 Å². The summed E-state index contributed by atoms with van der Waals surface area (Å²) in [6.45, 7) is 11.1. The van der Waals surface area contributed by atoms with E-state index in [0.29, 0.717) is 61.2 Å². The van der Waals surface area contributed by atoms with E-state index < -0.39 is 0 Å². The van der Waals surface area contributed by atoms with Crippen LogP contribution >= 0.6 is 0 Å². The van der Waals surface area contributed by atoms with E-state index in [1.54, 1.807) is 5.57 Å². The standard InChI is InChI=1S/C34H55N3O3/c1-23(5-12-31(39)36-17-19-37(20-18-36)32(40)35(4)22-24-6-7-24)28-10-11-29-27-9-8-25-21-26(38)13-15-33(25,2)30(27)14-16-34(28,29)3/h8,23-24,26-30,38H,5-7,9-22H2,1-4H3/t23-,26+,27+,28-,29+,30+,33+,34-/m1/s1. The molecule has 6 heteroatoms. The number of aliphatic hydroxyl groups excluding tert-OH is 1. The van der Waals surface area contributed by atoms with Crippen LogP contribution in [0.1, 0.15) is 97.8 Å². The zero-order chi connectivity index (χ0) is 28.2. The molecule has 40 heavy (non-hydrogen) atoms. The van der Waals surface area contributed by atoms with Gasteiger partial charge >= 0.3 is 6.03 Å². The Morgan fingerprint density at radius 2 is 1.73 bits per heavy atom. The third kappa shape index (κ3) is 5.13. The van der Waals surface area contributed by atoms with Crippen molar-refractivity contribution in [3.63, 3.8) is 0 Å². The lowest BCUT2D eigenvalue weighted by atomic mass is 9.47. The second kappa shape index (κ2) is 10.9. The zero-order valence-electron chi connectivity index (χ0n) is 25.7. The van der Waals surface area contributed by atoms with Crippen LogP contribution in [-0.4, -0.2) is 77.6 Å². The molecule has 1 heterocycles. The Labute approximate surface area is 242 Å². The van der Waals surface area contributed by atoms with E-state index >= 15 is 0 Å². The van der Waals surface area contributed by atoms with Crippen LogP contribution in [0.15, 0.2) is 11.6 Å². The number of hydrogen-bond acceptors (Lipinski definition) is 3. The quantitative estimate of drug-likeness (QED) is 0.414. The fourth-order valence-corrected chi connectivity index (χ4v) is 10.5. The average Bonchev–Trinajstić information content (AvgIpc) is 3.69. The van der Waals surface area contributed by atoms with Gasteiger partial charge in [0, 0.05) is 46.2 Å². The van der Waals surface area contributed by atoms with Crippen LogP contribution in [0.2, 0.25) is 0 Å². The fraction of sp³-hybridized carbons (Fsp3) is 0.882. The van der Waals surface area contributed by atoms with Crippen LogP contribution in [0.4, 0.5) is 4.79 Å². The lowest BCUT2D eigenvalue weighted by Crippen LogP contribution is -2.53. The Morgan fingerprint density at radius 3 is 2.45 bits per heavy atom. The highest BCUT2D eigenvalue weighted by Crippen LogP contribution is 2.67. The Balaban J connectivity index is 1.00. The predicted molar refractivity (Wildman–Crippen MR) is 159 cm³/mol. The van der Waals surface area contributed by atoms with E-state index in [-0.39, 0.29) is 18.0 Å². The first-order valence-electron chi connectivity index (χ1n) is 16.8. The molecule has 3 amide bonds. The minimum Gasteiger partial charge on any atom is -0.393 e. The van der Waals surface area contributed by atoms with Crippen molar-refractivity contribution in [3.05, 3.63) is 11.6 Å². The molecule has 6 rings (SSSR count). The molecule has 5 fully saturated rings. The van der Waals surface area contributed by atoms with Gasteiger partial charge in [0.15, 0.2) is 0 Å². The summed E-state index contributed by atoms with van der Waals surface area (Å²) < 4.78 is 0. The molecule has 0 aromatic rings. The monoisotopic (exact) mass is 553 g/mol. The summed E-state index contributed by atoms with van der Waals surface area (Å²) in [7, 11) is 1.92. The number of urea groups is 1. The van der Waals surface area contributed by atoms with Crippen molar-refractivity contribution in [2.75, 3.05) is 39.8 Å². The van der Waals surface area contributed by atoms with Gasteiger partial charge in [-0.1, -0.05) is 32.4 Å². The highest BCUT2D eigenvalue weighted by atomic mass is 16.3. The number of hydrogen-bond donors (Lipinski definition) is 1. The van der Waals surface area contributed by atoms with E-state index in [9.17, 15) is 14.7 Å². The van der Waals surface area contributed by atoms with Gasteiger partial charge < -0.3 is 19.8 Å². The third-order valence-corrected chi connectivity index (χ3v) is 13.1. The predicted octanol–water partition coefficient (Wildman–Crippen LogP) is 5.95. The van der Waals surface area contributed by atoms with Gasteiger partial charge in [-0.05, 0) is 117 Å². The van der Waals surface area contributed by atoms with Gasteiger partial charge in [-0.25, -0.2) is 4.79 Å². The topological polar surface area (TPSA) is 64.1 Å². The van der Waals surface area contributed by atoms with Crippen molar-refractivity contribution < 1.29 is 14.7 Å². The third-order valence-electron chi connectivity index (χ3n) is 13.1.